The number of aliphatic hydroxyl groups excluding tert-OH is 1. The summed E-state index contributed by atoms with van der Waals surface area (Å²) in [5.41, 5.74) is 8.32. The fourth-order valence-electron chi connectivity index (χ4n) is 12.7. The maximum atomic E-state index is 12.2. The molecule has 9 unspecified atom stereocenters. The number of carbonyl (C=O) groups is 1. The van der Waals surface area contributed by atoms with E-state index in [1.165, 1.54) is 38.9 Å². The van der Waals surface area contributed by atoms with Crippen LogP contribution in [0, 0.1) is 28.6 Å². The number of carboxylic acid groups (broad SMARTS) is 1. The lowest BCUT2D eigenvalue weighted by Crippen LogP contribution is -2.65. The summed E-state index contributed by atoms with van der Waals surface area (Å²) in [5, 5.41) is 35.2. The normalized spacial score (nSPS) is 40.7. The Morgan fingerprint density at radius 3 is 2.44 bits per heavy atom. The van der Waals surface area contributed by atoms with E-state index in [0.29, 0.717) is 18.8 Å². The minimum absolute atomic E-state index is 0.114. The Morgan fingerprint density at radius 1 is 1.04 bits per heavy atom. The number of H-pyrrole nitrogens is 1. The van der Waals surface area contributed by atoms with E-state index in [-0.39, 0.29) is 28.2 Å². The highest BCUT2D eigenvalue weighted by molar-refractivity contribution is 5.96. The van der Waals surface area contributed by atoms with Gasteiger partial charge in [0.2, 0.25) is 0 Å². The summed E-state index contributed by atoms with van der Waals surface area (Å²) < 4.78 is 13.0. The van der Waals surface area contributed by atoms with Crippen molar-refractivity contribution in [3.8, 4) is 0 Å². The number of rotatable bonds is 4. The SMILES string of the molecule is CC(C)=CCc1c2c(cc3c4c([nH]c13)C1(C)C(CCC3C5(C)CC(C=C(C)C(=O)O)OC5(O)CCC31C)C4)C1=CC(C)(C)OC(C)(C)C1C2O. The number of hydrogen-bond donors (Lipinski definition) is 4. The zero-order valence-electron chi connectivity index (χ0n) is 31.7. The third-order valence-electron chi connectivity index (χ3n) is 15.0. The van der Waals surface area contributed by atoms with E-state index in [0.717, 1.165) is 43.2 Å². The van der Waals surface area contributed by atoms with E-state index in [1.54, 1.807) is 13.0 Å². The Bertz CT molecular complexity index is 1920. The Balaban J connectivity index is 1.28. The van der Waals surface area contributed by atoms with Gasteiger partial charge in [-0.3, -0.25) is 0 Å². The van der Waals surface area contributed by atoms with Crippen molar-refractivity contribution in [2.45, 2.75) is 149 Å². The highest BCUT2D eigenvalue weighted by Gasteiger charge is 2.72. The van der Waals surface area contributed by atoms with E-state index in [9.17, 15) is 20.1 Å². The number of hydrogen-bond acceptors (Lipinski definition) is 5. The van der Waals surface area contributed by atoms with Crippen molar-refractivity contribution in [3.05, 3.63) is 63.4 Å². The molecule has 6 aliphatic rings. The average molecular weight is 684 g/mol. The molecule has 3 fully saturated rings. The highest BCUT2D eigenvalue weighted by atomic mass is 16.6. The molecule has 9 atom stereocenters. The molecule has 270 valence electrons. The quantitative estimate of drug-likeness (QED) is 0.190. The van der Waals surface area contributed by atoms with Crippen LogP contribution in [-0.2, 0) is 32.5 Å². The molecule has 1 aromatic carbocycles. The number of carboxylic acids is 1. The molecule has 3 heterocycles. The van der Waals surface area contributed by atoms with E-state index in [2.05, 4.69) is 85.5 Å². The molecular weight excluding hydrogens is 626 g/mol. The van der Waals surface area contributed by atoms with Crippen molar-refractivity contribution in [2.75, 3.05) is 0 Å². The highest BCUT2D eigenvalue weighted by Crippen LogP contribution is 2.73. The van der Waals surface area contributed by atoms with Gasteiger partial charge in [-0.25, -0.2) is 4.79 Å². The maximum absolute atomic E-state index is 12.2. The van der Waals surface area contributed by atoms with Gasteiger partial charge in [-0.05, 0) is 150 Å². The number of aliphatic hydroxyl groups is 2. The fourth-order valence-corrected chi connectivity index (χ4v) is 12.7. The molecule has 4 N–H and O–H groups in total. The summed E-state index contributed by atoms with van der Waals surface area (Å²) in [7, 11) is 0. The van der Waals surface area contributed by atoms with Gasteiger partial charge in [0.15, 0.2) is 5.79 Å². The number of benzene rings is 1. The van der Waals surface area contributed by atoms with Crippen LogP contribution >= 0.6 is 0 Å². The Morgan fingerprint density at radius 2 is 1.76 bits per heavy atom. The average Bonchev–Trinajstić information content (AvgIpc) is 3.67. The van der Waals surface area contributed by atoms with Crippen LogP contribution in [0.1, 0.15) is 135 Å². The minimum atomic E-state index is -1.29. The van der Waals surface area contributed by atoms with E-state index in [4.69, 9.17) is 9.47 Å². The second-order valence-electron chi connectivity index (χ2n) is 18.9. The fraction of sp³-hybridized carbons (Fsp3) is 0.651. The number of fused-ring (bicyclic) bond motifs is 12. The molecule has 2 aromatic rings. The number of aliphatic carboxylic acids is 1. The minimum Gasteiger partial charge on any atom is -0.478 e. The van der Waals surface area contributed by atoms with Gasteiger partial charge in [-0.15, -0.1) is 0 Å². The first kappa shape index (κ1) is 34.4. The van der Waals surface area contributed by atoms with Crippen LogP contribution in [-0.4, -0.2) is 49.4 Å². The van der Waals surface area contributed by atoms with Gasteiger partial charge < -0.3 is 29.8 Å². The van der Waals surface area contributed by atoms with Crippen LogP contribution < -0.4 is 0 Å². The van der Waals surface area contributed by atoms with E-state index < -0.39 is 40.6 Å². The predicted molar refractivity (Wildman–Crippen MR) is 196 cm³/mol. The summed E-state index contributed by atoms with van der Waals surface area (Å²) in [4.78, 5) is 15.8. The van der Waals surface area contributed by atoms with Gasteiger partial charge in [0.25, 0.3) is 0 Å². The standard InChI is InChI=1S/C43H57NO6/c1-22(2)11-13-26-32-27(30-21-38(4,5)50-39(6,7)33(30)35(32)45)19-28-29-18-24-12-14-31-40(8,42(24,10)36(29)44-34(26)28)15-16-43(48)41(31,9)20-25(49-43)17-23(3)37(46)47/h11,17,19,21,24-25,31,33,35,44-45,48H,12-16,18,20H2,1-10H3,(H,46,47). The third kappa shape index (κ3) is 4.33. The number of aromatic amines is 1. The molecule has 0 radical (unpaired) electrons. The molecule has 4 aliphatic carbocycles. The summed E-state index contributed by atoms with van der Waals surface area (Å²) in [6.07, 6.45) is 11.0. The lowest BCUT2D eigenvalue weighted by atomic mass is 9.40. The van der Waals surface area contributed by atoms with E-state index >= 15 is 0 Å². The maximum Gasteiger partial charge on any atom is 0.331 e. The second-order valence-corrected chi connectivity index (χ2v) is 18.9. The van der Waals surface area contributed by atoms with Crippen LogP contribution in [0.5, 0.6) is 0 Å². The van der Waals surface area contributed by atoms with Crippen molar-refractivity contribution in [1.82, 2.24) is 4.98 Å². The first-order chi connectivity index (χ1) is 23.2. The summed E-state index contributed by atoms with van der Waals surface area (Å²) >= 11 is 0. The van der Waals surface area contributed by atoms with Crippen molar-refractivity contribution in [3.63, 3.8) is 0 Å². The van der Waals surface area contributed by atoms with Crippen LogP contribution in [0.2, 0.25) is 0 Å². The van der Waals surface area contributed by atoms with E-state index in [1.807, 2.05) is 0 Å². The third-order valence-corrected chi connectivity index (χ3v) is 15.0. The predicted octanol–water partition coefficient (Wildman–Crippen LogP) is 8.47. The molecule has 1 saturated heterocycles. The Hall–Kier alpha value is -2.71. The first-order valence-electron chi connectivity index (χ1n) is 18.9. The molecule has 0 amide bonds. The molecule has 8 rings (SSSR count). The van der Waals surface area contributed by atoms with Gasteiger partial charge in [-0.1, -0.05) is 32.4 Å². The molecule has 7 nitrogen and oxygen atoms in total. The lowest BCUT2D eigenvalue weighted by molar-refractivity contribution is -0.294. The number of allylic oxidation sites excluding steroid dienone is 2. The molecule has 50 heavy (non-hydrogen) atoms. The monoisotopic (exact) mass is 683 g/mol. The molecular formula is C43H57NO6. The topological polar surface area (TPSA) is 112 Å². The molecule has 0 bridgehead atoms. The van der Waals surface area contributed by atoms with Gasteiger partial charge in [-0.2, -0.15) is 0 Å². The van der Waals surface area contributed by atoms with Crippen molar-refractivity contribution in [1.29, 1.82) is 0 Å². The smallest absolute Gasteiger partial charge is 0.331 e. The zero-order valence-corrected chi connectivity index (χ0v) is 31.7. The molecule has 2 aliphatic heterocycles. The van der Waals surface area contributed by atoms with Gasteiger partial charge >= 0.3 is 5.97 Å². The first-order valence-corrected chi connectivity index (χ1v) is 18.9. The summed E-state index contributed by atoms with van der Waals surface area (Å²) in [5.74, 6) is -1.69. The molecule has 2 saturated carbocycles. The van der Waals surface area contributed by atoms with Gasteiger partial charge in [0, 0.05) is 45.3 Å². The van der Waals surface area contributed by atoms with Crippen LogP contribution in [0.3, 0.4) is 0 Å². The number of aromatic nitrogens is 1. The summed E-state index contributed by atoms with van der Waals surface area (Å²) in [6.45, 7) is 21.5. The number of ether oxygens (including phenoxy) is 2. The van der Waals surface area contributed by atoms with Gasteiger partial charge in [0.1, 0.15) is 0 Å². The Labute approximate surface area is 297 Å². The van der Waals surface area contributed by atoms with Crippen molar-refractivity contribution < 1.29 is 29.6 Å². The molecule has 7 heteroatoms. The van der Waals surface area contributed by atoms with Crippen LogP contribution in [0.25, 0.3) is 16.5 Å². The zero-order chi connectivity index (χ0) is 36.1. The molecule has 1 aromatic heterocycles. The van der Waals surface area contributed by atoms with Crippen molar-refractivity contribution in [2.24, 2.45) is 28.6 Å². The second kappa shape index (κ2) is 10.5. The Kier molecular flexibility index (Phi) is 7.19. The lowest BCUT2D eigenvalue weighted by Gasteiger charge is -2.65. The van der Waals surface area contributed by atoms with Crippen molar-refractivity contribution >= 4 is 22.4 Å². The largest absolute Gasteiger partial charge is 0.478 e. The number of nitrogens with one attached hydrogen (secondary N) is 1. The summed E-state index contributed by atoms with van der Waals surface area (Å²) in [6, 6.07) is 2.40. The molecule has 0 spiro atoms. The van der Waals surface area contributed by atoms with Crippen LogP contribution in [0.15, 0.2) is 35.4 Å². The van der Waals surface area contributed by atoms with Gasteiger partial charge in [0.05, 0.1) is 23.4 Å². The van der Waals surface area contributed by atoms with Crippen LogP contribution in [0.4, 0.5) is 0 Å².